The molecule has 0 N–H and O–H groups in total. The van der Waals surface area contributed by atoms with E-state index in [4.69, 9.17) is 0 Å². The first-order valence-corrected chi connectivity index (χ1v) is 19.4. The number of benzene rings is 2. The van der Waals surface area contributed by atoms with Crippen molar-refractivity contribution in [2.75, 3.05) is 0 Å². The van der Waals surface area contributed by atoms with E-state index in [1.165, 1.54) is 70.7 Å². The molecule has 250 valence electrons. The summed E-state index contributed by atoms with van der Waals surface area (Å²) in [7, 11) is 0. The molecule has 1 heterocycles. The van der Waals surface area contributed by atoms with Crippen molar-refractivity contribution in [3.05, 3.63) is 112 Å². The Labute approximate surface area is 283 Å². The van der Waals surface area contributed by atoms with E-state index in [1.54, 1.807) is 0 Å². The van der Waals surface area contributed by atoms with Crippen LogP contribution in [0.15, 0.2) is 84.5 Å². The number of aryl methyl sites for hydroxylation is 2. The van der Waals surface area contributed by atoms with Gasteiger partial charge in [0, 0.05) is 22.8 Å². The van der Waals surface area contributed by atoms with E-state index in [0.717, 1.165) is 80.3 Å². The molecule has 0 atom stereocenters. The van der Waals surface area contributed by atoms with Crippen LogP contribution in [0, 0.1) is 0 Å². The van der Waals surface area contributed by atoms with Crippen LogP contribution in [0.2, 0.25) is 10.8 Å². The molecule has 0 radical (unpaired) electrons. The van der Waals surface area contributed by atoms with Crippen LogP contribution in [0.25, 0.3) is 16.9 Å². The van der Waals surface area contributed by atoms with Gasteiger partial charge >= 0.3 is 64.8 Å². The molecule has 0 saturated carbocycles. The summed E-state index contributed by atoms with van der Waals surface area (Å²) in [6.07, 6.45) is 28.8. The van der Waals surface area contributed by atoms with Gasteiger partial charge in [-0.15, -0.1) is 0 Å². The van der Waals surface area contributed by atoms with Gasteiger partial charge in [-0.2, -0.15) is 0 Å². The molecule has 0 aromatic heterocycles. The molecule has 0 amide bonds. The minimum atomic E-state index is 0.905. The topological polar surface area (TPSA) is 25.3 Å². The second-order valence-electron chi connectivity index (χ2n) is 11.9. The average molecular weight is 654 g/mol. The number of rotatable bonds is 21. The zero-order valence-corrected chi connectivity index (χ0v) is 30.2. The van der Waals surface area contributed by atoms with Crippen LogP contribution in [0.5, 0.6) is 0 Å². The predicted molar refractivity (Wildman–Crippen MR) is 195 cm³/mol. The molecular formula is C42H62N2Ni. The molecule has 0 spiro atoms. The number of unbranched alkanes of at least 4 members (excludes halogenated alkanes) is 5. The Morgan fingerprint density at radius 3 is 1.60 bits per heavy atom. The van der Waals surface area contributed by atoms with Crippen molar-refractivity contribution >= 4 is 11.4 Å². The van der Waals surface area contributed by atoms with Crippen molar-refractivity contribution < 1.29 is 19.1 Å². The van der Waals surface area contributed by atoms with E-state index in [2.05, 4.69) is 114 Å². The monoisotopic (exact) mass is 652 g/mol. The summed E-state index contributed by atoms with van der Waals surface area (Å²) in [6.45, 7) is 11.2. The first-order chi connectivity index (χ1) is 22.1. The Morgan fingerprint density at radius 1 is 0.578 bits per heavy atom. The third kappa shape index (κ3) is 14.2. The van der Waals surface area contributed by atoms with Crippen molar-refractivity contribution in [1.29, 1.82) is 0 Å². The predicted octanol–water partition coefficient (Wildman–Crippen LogP) is 13.8. The van der Waals surface area contributed by atoms with E-state index >= 15 is 0 Å². The van der Waals surface area contributed by atoms with Gasteiger partial charge in [-0.25, -0.2) is 4.70 Å². The molecule has 0 unspecified atom stereocenters. The van der Waals surface area contributed by atoms with Crippen molar-refractivity contribution in [3.63, 3.8) is 0 Å². The Morgan fingerprint density at radius 2 is 1.07 bits per heavy atom. The normalized spacial score (nSPS) is 13.3. The summed E-state index contributed by atoms with van der Waals surface area (Å²) in [5.74, 6) is 0. The second-order valence-corrected chi connectivity index (χ2v) is 13.4. The molecule has 1 aliphatic rings. The summed E-state index contributed by atoms with van der Waals surface area (Å²) in [5, 5.41) is 2.78. The van der Waals surface area contributed by atoms with Crippen molar-refractivity contribution in [3.8, 4) is 0 Å². The van der Waals surface area contributed by atoms with Gasteiger partial charge in [0.2, 0.25) is 11.4 Å². The standard InChI is InChI=1S/C34H44N2.2C4H9.Ni/c1-4-7-10-12-14-21-28-23-16-18-25-31(28)33-27-30(20-9-6-3)34(36(33)35)32-26-19-17-24-29(32)22-15-13-11-8-5-2;2*1-3-4-2;/h10-13,16-19,23-27H,4-9,14-15,20-22H2,1-3H3;2*1,3-4H2,2H3;. The van der Waals surface area contributed by atoms with E-state index in [0.29, 0.717) is 0 Å². The fraction of sp³-hybridized carbons (Fsp3) is 0.524. The van der Waals surface area contributed by atoms with Gasteiger partial charge in [0.1, 0.15) is 0 Å². The molecule has 3 rings (SSSR count). The van der Waals surface area contributed by atoms with Crippen molar-refractivity contribution in [1.82, 2.24) is 0 Å². The summed E-state index contributed by atoms with van der Waals surface area (Å²) in [6, 6.07) is 17.2. The Kier molecular flexibility index (Phi) is 21.2. The zero-order valence-electron chi connectivity index (χ0n) is 29.2. The quantitative estimate of drug-likeness (QED) is 0.0555. The third-order valence-corrected chi connectivity index (χ3v) is 9.38. The van der Waals surface area contributed by atoms with Gasteiger partial charge in [0.15, 0.2) is 0 Å². The summed E-state index contributed by atoms with van der Waals surface area (Å²) in [5.41, 5.74) is 19.6. The summed E-state index contributed by atoms with van der Waals surface area (Å²) < 4.78 is 1.47. The third-order valence-electron chi connectivity index (χ3n) is 7.98. The van der Waals surface area contributed by atoms with Crippen LogP contribution < -0.4 is 0 Å². The van der Waals surface area contributed by atoms with Gasteiger partial charge in [-0.05, 0) is 74.6 Å². The number of allylic oxidation sites excluding steroid dienone is 6. The van der Waals surface area contributed by atoms with Gasteiger partial charge in [-0.3, -0.25) is 0 Å². The Hall–Kier alpha value is -2.51. The molecule has 2 aromatic rings. The molecule has 2 aromatic carbocycles. The first kappa shape index (κ1) is 38.7. The summed E-state index contributed by atoms with van der Waals surface area (Å²) >= 11 is 1.94. The molecule has 0 saturated heterocycles. The van der Waals surface area contributed by atoms with Gasteiger partial charge in [-0.1, -0.05) is 101 Å². The molecule has 45 heavy (non-hydrogen) atoms. The van der Waals surface area contributed by atoms with Crippen LogP contribution in [-0.2, 0) is 27.3 Å². The fourth-order valence-corrected chi connectivity index (χ4v) is 6.73. The number of hydrogen-bond acceptors (Lipinski definition) is 0. The van der Waals surface area contributed by atoms with Gasteiger partial charge in [0.25, 0.3) is 0 Å². The van der Waals surface area contributed by atoms with Crippen LogP contribution in [0.4, 0.5) is 0 Å². The van der Waals surface area contributed by atoms with Gasteiger partial charge < -0.3 is 5.53 Å². The van der Waals surface area contributed by atoms with E-state index < -0.39 is 0 Å². The van der Waals surface area contributed by atoms with E-state index in [-0.39, 0.29) is 0 Å². The molecule has 1 aliphatic heterocycles. The maximum atomic E-state index is 11.6. The molecule has 0 aliphatic carbocycles. The number of nitrogens with zero attached hydrogens (tertiary/aromatic N) is 2. The molecule has 3 heteroatoms. The van der Waals surface area contributed by atoms with E-state index in [1.807, 2.05) is 14.4 Å². The zero-order chi connectivity index (χ0) is 32.5. The van der Waals surface area contributed by atoms with Crippen LogP contribution in [-0.4, -0.2) is 4.70 Å². The average Bonchev–Trinajstić information content (AvgIpc) is 3.39. The van der Waals surface area contributed by atoms with Crippen molar-refractivity contribution in [2.45, 2.75) is 142 Å². The molecule has 2 nitrogen and oxygen atoms in total. The number of hydrogen-bond donors (Lipinski definition) is 0. The van der Waals surface area contributed by atoms with Crippen LogP contribution in [0.3, 0.4) is 0 Å². The molecule has 0 bridgehead atoms. The minimum absolute atomic E-state index is 0.905. The van der Waals surface area contributed by atoms with E-state index in [9.17, 15) is 5.53 Å². The molecule has 0 fully saturated rings. The molecular weight excluding hydrogens is 591 g/mol. The SMILES string of the molecule is CCCC=CCCc1ccccc1C1=CC(CCCC)=C(c2ccccc2CCC=CCCC)[N+]1=[N-].CCC[CH2][Ni][CH2]CCC. The Balaban J connectivity index is 0.000000681. The maximum absolute atomic E-state index is 11.6. The van der Waals surface area contributed by atoms with Crippen molar-refractivity contribution in [2.24, 2.45) is 0 Å². The first-order valence-electron chi connectivity index (χ1n) is 18.0. The second kappa shape index (κ2) is 24.7. The van der Waals surface area contributed by atoms with Crippen LogP contribution in [0.1, 0.15) is 140 Å². The Bertz CT molecular complexity index is 1230. The summed E-state index contributed by atoms with van der Waals surface area (Å²) in [4.78, 5) is 0. The van der Waals surface area contributed by atoms with Gasteiger partial charge in [0.05, 0.1) is 0 Å². The fourth-order valence-electron chi connectivity index (χ4n) is 5.29. The van der Waals surface area contributed by atoms with Crippen LogP contribution >= 0.6 is 0 Å².